The molecule has 0 saturated heterocycles. The molecule has 0 saturated carbocycles. The second kappa shape index (κ2) is 7.95. The lowest BCUT2D eigenvalue weighted by atomic mass is 10.2. The topological polar surface area (TPSA) is 29.5 Å². The van der Waals surface area contributed by atoms with Gasteiger partial charge in [-0.2, -0.15) is 0 Å². The van der Waals surface area contributed by atoms with Crippen molar-refractivity contribution < 1.29 is 9.84 Å². The highest BCUT2D eigenvalue weighted by atomic mass is 35.5. The molecule has 108 valence electrons. The van der Waals surface area contributed by atoms with Gasteiger partial charge < -0.3 is 9.84 Å². The Morgan fingerprint density at radius 1 is 1.05 bits per heavy atom. The largest absolute Gasteiger partial charge is 0.489 e. The van der Waals surface area contributed by atoms with E-state index in [4.69, 9.17) is 33.0 Å². The van der Waals surface area contributed by atoms with E-state index in [1.165, 1.54) is 0 Å². The van der Waals surface area contributed by atoms with Crippen LogP contribution in [0.15, 0.2) is 42.5 Å². The fourth-order valence-corrected chi connectivity index (χ4v) is 2.12. The quantitative estimate of drug-likeness (QED) is 0.851. The van der Waals surface area contributed by atoms with E-state index in [1.54, 1.807) is 12.1 Å². The van der Waals surface area contributed by atoms with Crippen LogP contribution in [0.5, 0.6) is 5.75 Å². The molecule has 0 aromatic heterocycles. The number of aliphatic hydroxyl groups excluding tert-OH is 1. The number of rotatable bonds is 4. The van der Waals surface area contributed by atoms with E-state index in [2.05, 4.69) is 11.8 Å². The molecule has 0 aliphatic carbocycles. The van der Waals surface area contributed by atoms with Crippen molar-refractivity contribution >= 4 is 23.2 Å². The van der Waals surface area contributed by atoms with Crippen LogP contribution in [0.2, 0.25) is 10.0 Å². The van der Waals surface area contributed by atoms with Crippen molar-refractivity contribution in [2.24, 2.45) is 0 Å². The van der Waals surface area contributed by atoms with Gasteiger partial charge in [-0.05, 0) is 36.4 Å². The van der Waals surface area contributed by atoms with Crippen LogP contribution in [0.3, 0.4) is 0 Å². The SMILES string of the molecule is OCCC#Cc1ccc(OCc2ccc(Cl)cc2Cl)cc1. The summed E-state index contributed by atoms with van der Waals surface area (Å²) in [7, 11) is 0. The fraction of sp³-hybridized carbons (Fsp3) is 0.176. The van der Waals surface area contributed by atoms with E-state index in [9.17, 15) is 0 Å². The number of ether oxygens (including phenoxy) is 1. The summed E-state index contributed by atoms with van der Waals surface area (Å²) in [5, 5.41) is 9.86. The normalized spacial score (nSPS) is 9.86. The molecular weight excluding hydrogens is 307 g/mol. The first kappa shape index (κ1) is 15.7. The van der Waals surface area contributed by atoms with Gasteiger partial charge >= 0.3 is 0 Å². The Kier molecular flexibility index (Phi) is 5.95. The molecule has 0 atom stereocenters. The smallest absolute Gasteiger partial charge is 0.119 e. The standard InChI is InChI=1S/C17H14Cl2O2/c18-15-7-6-14(17(19)11-15)12-21-16-8-4-13(5-9-16)3-1-2-10-20/h4-9,11,20H,2,10,12H2. The van der Waals surface area contributed by atoms with E-state index in [0.29, 0.717) is 23.1 Å². The summed E-state index contributed by atoms with van der Waals surface area (Å²) in [6.07, 6.45) is 0.479. The van der Waals surface area contributed by atoms with Crippen LogP contribution in [0.25, 0.3) is 0 Å². The Bertz CT molecular complexity index is 655. The maximum absolute atomic E-state index is 8.66. The molecule has 21 heavy (non-hydrogen) atoms. The zero-order chi connectivity index (χ0) is 15.1. The zero-order valence-electron chi connectivity index (χ0n) is 11.3. The first-order valence-electron chi connectivity index (χ1n) is 6.45. The van der Waals surface area contributed by atoms with Gasteiger partial charge in [-0.1, -0.05) is 41.1 Å². The predicted octanol–water partition coefficient (Wildman–Crippen LogP) is 4.31. The van der Waals surface area contributed by atoms with Crippen LogP contribution < -0.4 is 4.74 Å². The highest BCUT2D eigenvalue weighted by Gasteiger charge is 2.02. The molecule has 0 unspecified atom stereocenters. The molecule has 0 amide bonds. The van der Waals surface area contributed by atoms with Gasteiger partial charge in [0.2, 0.25) is 0 Å². The molecule has 0 aliphatic heterocycles. The molecule has 2 aromatic rings. The number of hydrogen-bond donors (Lipinski definition) is 1. The molecule has 2 rings (SSSR count). The van der Waals surface area contributed by atoms with Gasteiger partial charge in [0.05, 0.1) is 6.61 Å². The number of aliphatic hydroxyl groups is 1. The second-order valence-corrected chi connectivity index (χ2v) is 5.17. The van der Waals surface area contributed by atoms with Gasteiger partial charge in [0.15, 0.2) is 0 Å². The van der Waals surface area contributed by atoms with Gasteiger partial charge in [-0.3, -0.25) is 0 Å². The maximum Gasteiger partial charge on any atom is 0.119 e. The van der Waals surface area contributed by atoms with Crippen LogP contribution in [0.4, 0.5) is 0 Å². The van der Waals surface area contributed by atoms with Crippen LogP contribution in [0.1, 0.15) is 17.5 Å². The molecule has 0 bridgehead atoms. The molecule has 4 heteroatoms. The molecule has 0 radical (unpaired) electrons. The van der Waals surface area contributed by atoms with Crippen molar-refractivity contribution in [3.63, 3.8) is 0 Å². The van der Waals surface area contributed by atoms with Crippen molar-refractivity contribution in [1.82, 2.24) is 0 Å². The Morgan fingerprint density at radius 3 is 2.48 bits per heavy atom. The highest BCUT2D eigenvalue weighted by Crippen LogP contribution is 2.22. The minimum Gasteiger partial charge on any atom is -0.489 e. The third kappa shape index (κ3) is 4.99. The molecule has 1 N–H and O–H groups in total. The van der Waals surface area contributed by atoms with Crippen molar-refractivity contribution in [1.29, 1.82) is 0 Å². The molecule has 2 nitrogen and oxygen atoms in total. The average molecular weight is 321 g/mol. The van der Waals surface area contributed by atoms with Gasteiger partial charge in [0.1, 0.15) is 12.4 Å². The second-order valence-electron chi connectivity index (χ2n) is 4.32. The first-order valence-corrected chi connectivity index (χ1v) is 7.21. The van der Waals surface area contributed by atoms with Crippen LogP contribution in [-0.4, -0.2) is 11.7 Å². The summed E-state index contributed by atoms with van der Waals surface area (Å²) in [6.45, 7) is 0.460. The predicted molar refractivity (Wildman–Crippen MR) is 85.8 cm³/mol. The average Bonchev–Trinajstić information content (AvgIpc) is 2.48. The Morgan fingerprint density at radius 2 is 1.81 bits per heavy atom. The van der Waals surface area contributed by atoms with Gasteiger partial charge in [0, 0.05) is 27.6 Å². The Balaban J connectivity index is 1.96. The summed E-state index contributed by atoms with van der Waals surface area (Å²) in [5.41, 5.74) is 1.77. The highest BCUT2D eigenvalue weighted by molar-refractivity contribution is 6.35. The molecule has 0 heterocycles. The summed E-state index contributed by atoms with van der Waals surface area (Å²) < 4.78 is 5.68. The van der Waals surface area contributed by atoms with Crippen molar-refractivity contribution in [3.8, 4) is 17.6 Å². The number of benzene rings is 2. The summed E-state index contributed by atoms with van der Waals surface area (Å²) in [4.78, 5) is 0. The van der Waals surface area contributed by atoms with E-state index in [1.807, 2.05) is 30.3 Å². The van der Waals surface area contributed by atoms with Crippen molar-refractivity contribution in [2.75, 3.05) is 6.61 Å². The van der Waals surface area contributed by atoms with Crippen molar-refractivity contribution in [3.05, 3.63) is 63.6 Å². The van der Waals surface area contributed by atoms with E-state index in [0.717, 1.165) is 16.9 Å². The van der Waals surface area contributed by atoms with Gasteiger partial charge in [-0.25, -0.2) is 0 Å². The summed E-state index contributed by atoms with van der Waals surface area (Å²) in [6, 6.07) is 12.8. The van der Waals surface area contributed by atoms with Gasteiger partial charge in [0.25, 0.3) is 0 Å². The molecular formula is C17H14Cl2O2. The number of halogens is 2. The van der Waals surface area contributed by atoms with E-state index in [-0.39, 0.29) is 6.61 Å². The lowest BCUT2D eigenvalue weighted by Crippen LogP contribution is -1.96. The molecule has 2 aromatic carbocycles. The summed E-state index contributed by atoms with van der Waals surface area (Å²) >= 11 is 11.9. The zero-order valence-corrected chi connectivity index (χ0v) is 12.8. The minimum absolute atomic E-state index is 0.0794. The fourth-order valence-electron chi connectivity index (χ4n) is 1.65. The molecule has 0 aliphatic rings. The maximum atomic E-state index is 8.66. The Hall–Kier alpha value is -1.66. The van der Waals surface area contributed by atoms with Crippen molar-refractivity contribution in [2.45, 2.75) is 13.0 Å². The third-order valence-corrected chi connectivity index (χ3v) is 3.32. The first-order chi connectivity index (χ1) is 10.2. The van der Waals surface area contributed by atoms with Crippen LogP contribution in [0, 0.1) is 11.8 Å². The van der Waals surface area contributed by atoms with E-state index < -0.39 is 0 Å². The van der Waals surface area contributed by atoms with E-state index >= 15 is 0 Å². The minimum atomic E-state index is 0.0794. The third-order valence-electron chi connectivity index (χ3n) is 2.73. The van der Waals surface area contributed by atoms with Gasteiger partial charge in [-0.15, -0.1) is 0 Å². The lowest BCUT2D eigenvalue weighted by molar-refractivity contribution is 0.305. The lowest BCUT2D eigenvalue weighted by Gasteiger charge is -2.08. The van der Waals surface area contributed by atoms with Crippen LogP contribution in [-0.2, 0) is 6.61 Å². The Labute approximate surface area is 134 Å². The monoisotopic (exact) mass is 320 g/mol. The molecule has 0 fully saturated rings. The van der Waals surface area contributed by atoms with Crippen LogP contribution >= 0.6 is 23.2 Å². The summed E-state index contributed by atoms with van der Waals surface area (Å²) in [5.74, 6) is 6.58. The number of hydrogen-bond acceptors (Lipinski definition) is 2. The molecule has 0 spiro atoms.